The number of nitrogens with zero attached hydrogens (tertiary/aromatic N) is 3. The molecule has 0 bridgehead atoms. The molecule has 0 amide bonds. The molecule has 118 valence electrons. The van der Waals surface area contributed by atoms with Crippen LogP contribution in [-0.2, 0) is 6.54 Å². The van der Waals surface area contributed by atoms with Crippen LogP contribution < -0.4 is 10.6 Å². The van der Waals surface area contributed by atoms with Crippen LogP contribution in [0.15, 0.2) is 22.5 Å². The zero-order valence-electron chi connectivity index (χ0n) is 13.1. The number of hydrogen-bond donors (Lipinski definition) is 2. The van der Waals surface area contributed by atoms with Gasteiger partial charge in [0.15, 0.2) is 5.96 Å². The third-order valence-electron chi connectivity index (χ3n) is 3.87. The first-order valence-corrected chi connectivity index (χ1v) is 8.61. The van der Waals surface area contributed by atoms with E-state index in [0.717, 1.165) is 25.6 Å². The monoisotopic (exact) mass is 309 g/mol. The van der Waals surface area contributed by atoms with Gasteiger partial charge in [-0.15, -0.1) is 11.3 Å². The molecule has 0 aromatic carbocycles. The van der Waals surface area contributed by atoms with Crippen molar-refractivity contribution in [3.05, 3.63) is 22.4 Å². The normalized spacial score (nSPS) is 17.9. The Balaban J connectivity index is 1.60. The number of aliphatic imine (C=N–C) groups is 1. The van der Waals surface area contributed by atoms with Crippen LogP contribution in [0.2, 0.25) is 0 Å². The average Bonchev–Trinajstić information content (AvgIpc) is 3.04. The molecule has 1 aromatic rings. The first-order valence-electron chi connectivity index (χ1n) is 7.73. The van der Waals surface area contributed by atoms with Gasteiger partial charge in [0.05, 0.1) is 6.54 Å². The van der Waals surface area contributed by atoms with E-state index in [1.165, 1.54) is 37.6 Å². The van der Waals surface area contributed by atoms with E-state index in [4.69, 9.17) is 0 Å². The topological polar surface area (TPSA) is 42.9 Å². The minimum absolute atomic E-state index is 0.840. The summed E-state index contributed by atoms with van der Waals surface area (Å²) in [6.07, 6.45) is 0. The smallest absolute Gasteiger partial charge is 0.191 e. The molecule has 0 atom stereocenters. The lowest BCUT2D eigenvalue weighted by Gasteiger charge is -2.34. The zero-order chi connectivity index (χ0) is 14.9. The van der Waals surface area contributed by atoms with Gasteiger partial charge in [-0.3, -0.25) is 9.89 Å². The fraction of sp³-hybridized carbons (Fsp3) is 0.667. The Labute approximate surface area is 132 Å². The van der Waals surface area contributed by atoms with Crippen LogP contribution in [0.4, 0.5) is 0 Å². The number of piperazine rings is 1. The second-order valence-electron chi connectivity index (χ2n) is 5.21. The number of rotatable bonds is 6. The lowest BCUT2D eigenvalue weighted by atomic mass is 10.3. The summed E-state index contributed by atoms with van der Waals surface area (Å²) in [5.41, 5.74) is 0. The third-order valence-corrected chi connectivity index (χ3v) is 4.74. The second-order valence-corrected chi connectivity index (χ2v) is 6.24. The summed E-state index contributed by atoms with van der Waals surface area (Å²) in [7, 11) is 1.82. The molecule has 1 aliphatic rings. The van der Waals surface area contributed by atoms with Gasteiger partial charge in [0.2, 0.25) is 0 Å². The number of nitrogens with one attached hydrogen (secondary N) is 2. The molecule has 21 heavy (non-hydrogen) atoms. The van der Waals surface area contributed by atoms with E-state index in [1.807, 2.05) is 7.05 Å². The first-order chi connectivity index (χ1) is 10.3. The molecule has 0 radical (unpaired) electrons. The van der Waals surface area contributed by atoms with Crippen LogP contribution in [0.1, 0.15) is 11.8 Å². The van der Waals surface area contributed by atoms with Gasteiger partial charge in [-0.05, 0) is 18.0 Å². The van der Waals surface area contributed by atoms with Gasteiger partial charge in [-0.25, -0.2) is 0 Å². The summed E-state index contributed by atoms with van der Waals surface area (Å²) in [5, 5.41) is 8.84. The van der Waals surface area contributed by atoms with Gasteiger partial charge in [0.1, 0.15) is 0 Å². The fourth-order valence-corrected chi connectivity index (χ4v) is 3.11. The van der Waals surface area contributed by atoms with Crippen molar-refractivity contribution in [1.29, 1.82) is 0 Å². The highest BCUT2D eigenvalue weighted by molar-refractivity contribution is 7.09. The molecule has 2 rings (SSSR count). The molecular formula is C15H27N5S. The van der Waals surface area contributed by atoms with Crippen molar-refractivity contribution in [2.45, 2.75) is 13.5 Å². The molecule has 6 heteroatoms. The Hall–Kier alpha value is -1.11. The van der Waals surface area contributed by atoms with Crippen LogP contribution in [0.3, 0.4) is 0 Å². The van der Waals surface area contributed by atoms with Crippen molar-refractivity contribution >= 4 is 17.3 Å². The summed E-state index contributed by atoms with van der Waals surface area (Å²) in [6, 6.07) is 4.21. The largest absolute Gasteiger partial charge is 0.355 e. The van der Waals surface area contributed by atoms with Gasteiger partial charge in [-0.1, -0.05) is 13.0 Å². The minimum atomic E-state index is 0.840. The van der Waals surface area contributed by atoms with E-state index in [9.17, 15) is 0 Å². The van der Waals surface area contributed by atoms with Crippen LogP contribution >= 0.6 is 11.3 Å². The Bertz CT molecular complexity index is 410. The molecule has 1 fully saturated rings. The Morgan fingerprint density at radius 2 is 2.00 bits per heavy atom. The fourth-order valence-electron chi connectivity index (χ4n) is 2.47. The summed E-state index contributed by atoms with van der Waals surface area (Å²) in [4.78, 5) is 10.6. The van der Waals surface area contributed by atoms with E-state index >= 15 is 0 Å². The highest BCUT2D eigenvalue weighted by Gasteiger charge is 2.14. The molecule has 1 aliphatic heterocycles. The van der Waals surface area contributed by atoms with Crippen molar-refractivity contribution in [1.82, 2.24) is 20.4 Å². The number of likely N-dealkylation sites (N-methyl/N-ethyl adjacent to an activating group) is 1. The van der Waals surface area contributed by atoms with Crippen LogP contribution in [0.25, 0.3) is 0 Å². The summed E-state index contributed by atoms with van der Waals surface area (Å²) in [5.74, 6) is 0.885. The Kier molecular flexibility index (Phi) is 6.99. The highest BCUT2D eigenvalue weighted by atomic mass is 32.1. The minimum Gasteiger partial charge on any atom is -0.355 e. The van der Waals surface area contributed by atoms with E-state index in [1.54, 1.807) is 11.3 Å². The van der Waals surface area contributed by atoms with Gasteiger partial charge in [0.25, 0.3) is 0 Å². The standard InChI is InChI=1S/C15H27N5S/c1-3-19-8-10-20(11-9-19)7-6-17-15(16-2)18-13-14-5-4-12-21-14/h4-5,12H,3,6-11,13H2,1-2H3,(H2,16,17,18). The third kappa shape index (κ3) is 5.65. The van der Waals surface area contributed by atoms with Crippen molar-refractivity contribution in [2.24, 2.45) is 4.99 Å². The maximum atomic E-state index is 4.27. The summed E-state index contributed by atoms with van der Waals surface area (Å²) >= 11 is 1.77. The number of guanidine groups is 1. The van der Waals surface area contributed by atoms with Gasteiger partial charge in [0, 0.05) is 51.2 Å². The van der Waals surface area contributed by atoms with Crippen LogP contribution in [0.5, 0.6) is 0 Å². The quantitative estimate of drug-likeness (QED) is 0.609. The number of hydrogen-bond acceptors (Lipinski definition) is 4. The SMILES string of the molecule is CCN1CCN(CCNC(=NC)NCc2cccs2)CC1. The van der Waals surface area contributed by atoms with Crippen LogP contribution in [0, 0.1) is 0 Å². The van der Waals surface area contributed by atoms with E-state index < -0.39 is 0 Å². The predicted molar refractivity (Wildman–Crippen MR) is 91.1 cm³/mol. The number of thiophene rings is 1. The summed E-state index contributed by atoms with van der Waals surface area (Å²) in [6.45, 7) is 11.0. The molecule has 0 unspecified atom stereocenters. The molecule has 5 nitrogen and oxygen atoms in total. The maximum Gasteiger partial charge on any atom is 0.191 e. The molecule has 0 aliphatic carbocycles. The molecular weight excluding hydrogens is 282 g/mol. The Morgan fingerprint density at radius 1 is 1.24 bits per heavy atom. The van der Waals surface area contributed by atoms with E-state index in [-0.39, 0.29) is 0 Å². The van der Waals surface area contributed by atoms with Crippen molar-refractivity contribution < 1.29 is 0 Å². The lowest BCUT2D eigenvalue weighted by molar-refractivity contribution is 0.139. The predicted octanol–water partition coefficient (Wildman–Crippen LogP) is 1.05. The van der Waals surface area contributed by atoms with Crippen molar-refractivity contribution in [3.63, 3.8) is 0 Å². The van der Waals surface area contributed by atoms with Gasteiger partial charge in [-0.2, -0.15) is 0 Å². The first kappa shape index (κ1) is 16.3. The molecule has 0 spiro atoms. The average molecular weight is 309 g/mol. The maximum absolute atomic E-state index is 4.27. The van der Waals surface area contributed by atoms with Crippen molar-refractivity contribution in [3.8, 4) is 0 Å². The molecule has 0 saturated carbocycles. The molecule has 1 saturated heterocycles. The second kappa shape index (κ2) is 9.02. The molecule has 1 aromatic heterocycles. The summed E-state index contributed by atoms with van der Waals surface area (Å²) < 4.78 is 0. The van der Waals surface area contributed by atoms with Gasteiger partial charge < -0.3 is 15.5 Å². The van der Waals surface area contributed by atoms with Crippen molar-refractivity contribution in [2.75, 3.05) is 52.9 Å². The van der Waals surface area contributed by atoms with Gasteiger partial charge >= 0.3 is 0 Å². The van der Waals surface area contributed by atoms with Crippen LogP contribution in [-0.4, -0.2) is 68.6 Å². The zero-order valence-corrected chi connectivity index (χ0v) is 14.0. The molecule has 2 N–H and O–H groups in total. The lowest BCUT2D eigenvalue weighted by Crippen LogP contribution is -2.49. The highest BCUT2D eigenvalue weighted by Crippen LogP contribution is 2.07. The van der Waals surface area contributed by atoms with E-state index in [2.05, 4.69) is 49.9 Å². The Morgan fingerprint density at radius 3 is 2.62 bits per heavy atom. The molecule has 2 heterocycles. The van der Waals surface area contributed by atoms with E-state index in [0.29, 0.717) is 0 Å².